The van der Waals surface area contributed by atoms with Gasteiger partial charge >= 0.3 is 0 Å². The second-order valence-electron chi connectivity index (χ2n) is 3.72. The summed E-state index contributed by atoms with van der Waals surface area (Å²) in [5.74, 6) is 0.780. The quantitative estimate of drug-likeness (QED) is 0.897. The normalized spacial score (nSPS) is 10.2. The molecule has 0 saturated heterocycles. The predicted octanol–water partition coefficient (Wildman–Crippen LogP) is 3.62. The average molecular weight is 248 g/mol. The van der Waals surface area contributed by atoms with Gasteiger partial charge in [-0.15, -0.1) is 10.2 Å². The number of nitrogens with zero attached hydrogens (tertiary/aromatic N) is 2. The maximum Gasteiger partial charge on any atom is 0.156 e. The summed E-state index contributed by atoms with van der Waals surface area (Å²) in [4.78, 5) is 0. The van der Waals surface area contributed by atoms with Crippen LogP contribution in [0.5, 0.6) is 0 Å². The number of hydrogen-bond acceptors (Lipinski definition) is 3. The molecule has 4 heteroatoms. The van der Waals surface area contributed by atoms with Crippen LogP contribution in [0.2, 0.25) is 5.15 Å². The maximum absolute atomic E-state index is 5.90. The summed E-state index contributed by atoms with van der Waals surface area (Å²) in [6.45, 7) is 2.98. The fraction of sp³-hybridized carbons (Fsp3) is 0.231. The number of rotatable bonds is 4. The first-order valence-electron chi connectivity index (χ1n) is 5.63. The minimum atomic E-state index is 0.408. The van der Waals surface area contributed by atoms with Crippen LogP contribution in [0, 0.1) is 0 Å². The zero-order valence-corrected chi connectivity index (χ0v) is 10.4. The number of hydrogen-bond donors (Lipinski definition) is 1. The third-order valence-corrected chi connectivity index (χ3v) is 2.58. The SMILES string of the molecule is CCCNc1nnc(Cl)cc1-c1ccccc1. The van der Waals surface area contributed by atoms with Crippen LogP contribution < -0.4 is 5.32 Å². The van der Waals surface area contributed by atoms with E-state index in [0.717, 1.165) is 29.9 Å². The van der Waals surface area contributed by atoms with E-state index in [-0.39, 0.29) is 0 Å². The minimum Gasteiger partial charge on any atom is -0.368 e. The molecule has 0 unspecified atom stereocenters. The van der Waals surface area contributed by atoms with Crippen molar-refractivity contribution in [1.82, 2.24) is 10.2 Å². The molecule has 0 spiro atoms. The van der Waals surface area contributed by atoms with Crippen LogP contribution in [0.1, 0.15) is 13.3 Å². The third kappa shape index (κ3) is 2.94. The Morgan fingerprint density at radius 3 is 2.65 bits per heavy atom. The minimum absolute atomic E-state index is 0.408. The molecule has 0 amide bonds. The van der Waals surface area contributed by atoms with Crippen molar-refractivity contribution in [2.75, 3.05) is 11.9 Å². The monoisotopic (exact) mass is 247 g/mol. The van der Waals surface area contributed by atoms with Gasteiger partial charge in [0.1, 0.15) is 0 Å². The molecule has 0 fully saturated rings. The highest BCUT2D eigenvalue weighted by molar-refractivity contribution is 6.29. The van der Waals surface area contributed by atoms with Gasteiger partial charge in [-0.25, -0.2) is 0 Å². The number of aromatic nitrogens is 2. The fourth-order valence-electron chi connectivity index (χ4n) is 1.58. The molecule has 3 nitrogen and oxygen atoms in total. The van der Waals surface area contributed by atoms with E-state index in [4.69, 9.17) is 11.6 Å². The van der Waals surface area contributed by atoms with Gasteiger partial charge in [0.25, 0.3) is 0 Å². The summed E-state index contributed by atoms with van der Waals surface area (Å²) >= 11 is 5.90. The highest BCUT2D eigenvalue weighted by Gasteiger charge is 2.07. The fourth-order valence-corrected chi connectivity index (χ4v) is 1.73. The Balaban J connectivity index is 2.40. The molecule has 1 N–H and O–H groups in total. The van der Waals surface area contributed by atoms with Crippen LogP contribution in [0.4, 0.5) is 5.82 Å². The Morgan fingerprint density at radius 1 is 1.18 bits per heavy atom. The van der Waals surface area contributed by atoms with Crippen molar-refractivity contribution in [3.8, 4) is 11.1 Å². The first-order chi connectivity index (χ1) is 8.31. The van der Waals surface area contributed by atoms with E-state index in [2.05, 4.69) is 22.4 Å². The van der Waals surface area contributed by atoms with Crippen molar-refractivity contribution in [2.45, 2.75) is 13.3 Å². The topological polar surface area (TPSA) is 37.8 Å². The van der Waals surface area contributed by atoms with Crippen LogP contribution in [0.25, 0.3) is 11.1 Å². The lowest BCUT2D eigenvalue weighted by Gasteiger charge is -2.09. The van der Waals surface area contributed by atoms with E-state index >= 15 is 0 Å². The van der Waals surface area contributed by atoms with Gasteiger partial charge in [-0.3, -0.25) is 0 Å². The molecule has 88 valence electrons. The van der Waals surface area contributed by atoms with Gasteiger partial charge < -0.3 is 5.32 Å². The van der Waals surface area contributed by atoms with E-state index in [1.54, 1.807) is 0 Å². The van der Waals surface area contributed by atoms with Crippen LogP contribution in [0.15, 0.2) is 36.4 Å². The van der Waals surface area contributed by atoms with Crippen molar-refractivity contribution >= 4 is 17.4 Å². The summed E-state index contributed by atoms with van der Waals surface area (Å²) in [7, 11) is 0. The van der Waals surface area contributed by atoms with Crippen molar-refractivity contribution in [1.29, 1.82) is 0 Å². The lowest BCUT2D eigenvalue weighted by Crippen LogP contribution is -2.04. The summed E-state index contributed by atoms with van der Waals surface area (Å²) in [5, 5.41) is 11.6. The first kappa shape index (κ1) is 11.9. The molecule has 0 saturated carbocycles. The van der Waals surface area contributed by atoms with Gasteiger partial charge in [0.2, 0.25) is 0 Å². The average Bonchev–Trinajstić information content (AvgIpc) is 2.38. The van der Waals surface area contributed by atoms with Crippen molar-refractivity contribution in [3.05, 3.63) is 41.6 Å². The van der Waals surface area contributed by atoms with Crippen molar-refractivity contribution < 1.29 is 0 Å². The Labute approximate surface area is 106 Å². The van der Waals surface area contributed by atoms with E-state index < -0.39 is 0 Å². The summed E-state index contributed by atoms with van der Waals surface area (Å²) < 4.78 is 0. The highest BCUT2D eigenvalue weighted by atomic mass is 35.5. The largest absolute Gasteiger partial charge is 0.368 e. The zero-order valence-electron chi connectivity index (χ0n) is 9.65. The molecule has 2 rings (SSSR count). The second kappa shape index (κ2) is 5.64. The van der Waals surface area contributed by atoms with Gasteiger partial charge in [0, 0.05) is 12.1 Å². The van der Waals surface area contributed by atoms with Gasteiger partial charge in [0.05, 0.1) is 0 Å². The molecule has 2 aromatic rings. The number of anilines is 1. The van der Waals surface area contributed by atoms with E-state index in [1.165, 1.54) is 0 Å². The van der Waals surface area contributed by atoms with Gasteiger partial charge in [-0.2, -0.15) is 0 Å². The summed E-state index contributed by atoms with van der Waals surface area (Å²) in [6.07, 6.45) is 1.04. The summed E-state index contributed by atoms with van der Waals surface area (Å²) in [5.41, 5.74) is 2.07. The van der Waals surface area contributed by atoms with Crippen LogP contribution in [0.3, 0.4) is 0 Å². The van der Waals surface area contributed by atoms with Crippen LogP contribution >= 0.6 is 11.6 Å². The van der Waals surface area contributed by atoms with E-state index in [1.807, 2.05) is 36.4 Å². The summed E-state index contributed by atoms with van der Waals surface area (Å²) in [6, 6.07) is 11.9. The molecule has 0 aliphatic carbocycles. The molecule has 0 aliphatic heterocycles. The number of nitrogens with one attached hydrogen (secondary N) is 1. The lowest BCUT2D eigenvalue weighted by molar-refractivity contribution is 0.945. The molecule has 0 aliphatic rings. The molecule has 0 atom stereocenters. The molecule has 1 heterocycles. The molecule has 1 aromatic heterocycles. The Bertz CT molecular complexity index is 485. The molecule has 0 radical (unpaired) electrons. The van der Waals surface area contributed by atoms with E-state index in [0.29, 0.717) is 5.15 Å². The smallest absolute Gasteiger partial charge is 0.156 e. The molecule has 0 bridgehead atoms. The zero-order chi connectivity index (χ0) is 12.1. The highest BCUT2D eigenvalue weighted by Crippen LogP contribution is 2.27. The van der Waals surface area contributed by atoms with Crippen LogP contribution in [-0.4, -0.2) is 16.7 Å². The van der Waals surface area contributed by atoms with Crippen molar-refractivity contribution in [3.63, 3.8) is 0 Å². The van der Waals surface area contributed by atoms with E-state index in [9.17, 15) is 0 Å². The number of halogens is 1. The first-order valence-corrected chi connectivity index (χ1v) is 6.01. The standard InChI is InChI=1S/C13H14ClN3/c1-2-8-15-13-11(9-12(14)16-17-13)10-6-4-3-5-7-10/h3-7,9H,2,8H2,1H3,(H,15,17). The van der Waals surface area contributed by atoms with Gasteiger partial charge in [-0.05, 0) is 18.1 Å². The Kier molecular flexibility index (Phi) is 3.94. The lowest BCUT2D eigenvalue weighted by atomic mass is 10.1. The van der Waals surface area contributed by atoms with Crippen molar-refractivity contribution in [2.24, 2.45) is 0 Å². The second-order valence-corrected chi connectivity index (χ2v) is 4.11. The predicted molar refractivity (Wildman–Crippen MR) is 71.3 cm³/mol. The van der Waals surface area contributed by atoms with Gasteiger partial charge in [0.15, 0.2) is 11.0 Å². The molecular weight excluding hydrogens is 234 g/mol. The van der Waals surface area contributed by atoms with Gasteiger partial charge in [-0.1, -0.05) is 48.9 Å². The molecular formula is C13H14ClN3. The molecule has 17 heavy (non-hydrogen) atoms. The number of benzene rings is 1. The maximum atomic E-state index is 5.90. The van der Waals surface area contributed by atoms with Crippen LogP contribution in [-0.2, 0) is 0 Å². The Hall–Kier alpha value is -1.61. The molecule has 1 aromatic carbocycles. The third-order valence-electron chi connectivity index (χ3n) is 2.39. The Morgan fingerprint density at radius 2 is 1.94 bits per heavy atom.